The van der Waals surface area contributed by atoms with E-state index >= 15 is 0 Å². The van der Waals surface area contributed by atoms with E-state index in [1.54, 1.807) is 4.90 Å². The third-order valence-corrected chi connectivity index (χ3v) is 3.50. The van der Waals surface area contributed by atoms with E-state index in [0.717, 1.165) is 6.42 Å². The number of hydrogen-bond donors (Lipinski definition) is 1. The molecule has 1 saturated heterocycles. The second kappa shape index (κ2) is 5.07. The molecule has 1 N–H and O–H groups in total. The average molecular weight is 240 g/mol. The normalized spacial score (nSPS) is 21.2. The molecule has 1 aliphatic heterocycles. The molecule has 1 atom stereocenters. The minimum absolute atomic E-state index is 0.00773. The van der Waals surface area contributed by atoms with Gasteiger partial charge in [0.2, 0.25) is 11.8 Å². The zero-order valence-corrected chi connectivity index (χ0v) is 11.5. The van der Waals surface area contributed by atoms with Gasteiger partial charge in [-0.15, -0.1) is 0 Å². The number of nitrogens with one attached hydrogen (secondary N) is 1. The van der Waals surface area contributed by atoms with Gasteiger partial charge < -0.3 is 10.2 Å². The molecule has 98 valence electrons. The molecule has 0 aromatic carbocycles. The molecule has 0 aromatic rings. The van der Waals surface area contributed by atoms with Gasteiger partial charge in [-0.3, -0.25) is 9.59 Å². The Morgan fingerprint density at radius 3 is 2.53 bits per heavy atom. The molecule has 4 nitrogen and oxygen atoms in total. The van der Waals surface area contributed by atoms with E-state index in [1.165, 1.54) is 0 Å². The van der Waals surface area contributed by atoms with Crippen LogP contribution in [0.4, 0.5) is 0 Å². The number of carbonyl (C=O) groups is 2. The average Bonchev–Trinajstić information content (AvgIpc) is 2.60. The Morgan fingerprint density at radius 2 is 2.12 bits per heavy atom. The van der Waals surface area contributed by atoms with Gasteiger partial charge in [0.25, 0.3) is 0 Å². The van der Waals surface area contributed by atoms with Crippen LogP contribution < -0.4 is 5.32 Å². The first-order chi connectivity index (χ1) is 7.76. The highest BCUT2D eigenvalue weighted by Crippen LogP contribution is 2.21. The van der Waals surface area contributed by atoms with Gasteiger partial charge in [0.05, 0.1) is 5.92 Å². The maximum absolute atomic E-state index is 12.0. The Labute approximate surface area is 104 Å². The third kappa shape index (κ3) is 3.45. The van der Waals surface area contributed by atoms with Gasteiger partial charge in [-0.25, -0.2) is 0 Å². The molecular weight excluding hydrogens is 216 g/mol. The zero-order valence-electron chi connectivity index (χ0n) is 11.5. The fourth-order valence-corrected chi connectivity index (χ4v) is 1.93. The molecule has 0 unspecified atom stereocenters. The maximum atomic E-state index is 12.0. The molecule has 4 heteroatoms. The van der Waals surface area contributed by atoms with Crippen molar-refractivity contribution in [2.75, 3.05) is 6.54 Å². The molecule has 1 fully saturated rings. The molecule has 17 heavy (non-hydrogen) atoms. The van der Waals surface area contributed by atoms with Gasteiger partial charge in [0.15, 0.2) is 0 Å². The van der Waals surface area contributed by atoms with Gasteiger partial charge >= 0.3 is 0 Å². The van der Waals surface area contributed by atoms with Crippen molar-refractivity contribution < 1.29 is 9.59 Å². The lowest BCUT2D eigenvalue weighted by molar-refractivity contribution is -0.130. The highest BCUT2D eigenvalue weighted by molar-refractivity contribution is 5.89. The summed E-state index contributed by atoms with van der Waals surface area (Å²) in [5, 5.41) is 3.01. The summed E-state index contributed by atoms with van der Waals surface area (Å²) in [4.78, 5) is 25.5. The third-order valence-electron chi connectivity index (χ3n) is 3.50. The molecule has 0 aliphatic carbocycles. The summed E-state index contributed by atoms with van der Waals surface area (Å²) in [5.41, 5.74) is -0.189. The van der Waals surface area contributed by atoms with E-state index in [4.69, 9.17) is 0 Å². The second-order valence-corrected chi connectivity index (χ2v) is 5.77. The van der Waals surface area contributed by atoms with E-state index < -0.39 is 0 Å². The fourth-order valence-electron chi connectivity index (χ4n) is 1.93. The first kappa shape index (κ1) is 14.0. The molecule has 0 saturated carbocycles. The quantitative estimate of drug-likeness (QED) is 0.810. The molecular formula is C13H24N2O2. The van der Waals surface area contributed by atoms with Crippen LogP contribution in [0.2, 0.25) is 0 Å². The van der Waals surface area contributed by atoms with Crippen LogP contribution in [0.15, 0.2) is 0 Å². The predicted molar refractivity (Wildman–Crippen MR) is 67.5 cm³/mol. The summed E-state index contributed by atoms with van der Waals surface area (Å²) in [6, 6.07) is 0.180. The first-order valence-electron chi connectivity index (χ1n) is 6.38. The SMILES string of the molecule is CCC(C)(C)NC(=O)[C@H]1CC(=O)N(C(C)C)C1. The van der Waals surface area contributed by atoms with Crippen molar-refractivity contribution >= 4 is 11.8 Å². The monoisotopic (exact) mass is 240 g/mol. The zero-order chi connectivity index (χ0) is 13.2. The lowest BCUT2D eigenvalue weighted by atomic mass is 9.99. The van der Waals surface area contributed by atoms with Crippen LogP contribution in [0.5, 0.6) is 0 Å². The van der Waals surface area contributed by atoms with Crippen molar-refractivity contribution in [3.05, 3.63) is 0 Å². The van der Waals surface area contributed by atoms with Crippen molar-refractivity contribution in [1.82, 2.24) is 10.2 Å². The topological polar surface area (TPSA) is 49.4 Å². The van der Waals surface area contributed by atoms with Gasteiger partial charge in [0, 0.05) is 24.5 Å². The lowest BCUT2D eigenvalue weighted by Gasteiger charge is -2.26. The van der Waals surface area contributed by atoms with E-state index in [1.807, 2.05) is 34.6 Å². The van der Waals surface area contributed by atoms with Crippen molar-refractivity contribution in [3.8, 4) is 0 Å². The largest absolute Gasteiger partial charge is 0.351 e. The second-order valence-electron chi connectivity index (χ2n) is 5.77. The standard InChI is InChI=1S/C13H24N2O2/c1-6-13(4,5)14-12(17)10-7-11(16)15(8-10)9(2)3/h9-10H,6-8H2,1-5H3,(H,14,17)/t10-/m0/s1. The van der Waals surface area contributed by atoms with Crippen molar-refractivity contribution in [2.45, 2.75) is 59.0 Å². The lowest BCUT2D eigenvalue weighted by Crippen LogP contribution is -2.46. The fraction of sp³-hybridized carbons (Fsp3) is 0.846. The van der Waals surface area contributed by atoms with Gasteiger partial charge in [-0.2, -0.15) is 0 Å². The van der Waals surface area contributed by atoms with E-state index in [9.17, 15) is 9.59 Å². The number of amides is 2. The molecule has 0 radical (unpaired) electrons. The number of nitrogens with zero attached hydrogens (tertiary/aromatic N) is 1. The Balaban J connectivity index is 2.59. The number of likely N-dealkylation sites (tertiary alicyclic amines) is 1. The minimum Gasteiger partial charge on any atom is -0.351 e. The number of carbonyl (C=O) groups excluding carboxylic acids is 2. The van der Waals surface area contributed by atoms with Gasteiger partial charge in [-0.05, 0) is 34.1 Å². The molecule has 2 amide bonds. The summed E-state index contributed by atoms with van der Waals surface area (Å²) in [6.45, 7) is 10.6. The van der Waals surface area contributed by atoms with Crippen LogP contribution in [0.3, 0.4) is 0 Å². The number of hydrogen-bond acceptors (Lipinski definition) is 2. The first-order valence-corrected chi connectivity index (χ1v) is 6.38. The molecule has 1 rings (SSSR count). The van der Waals surface area contributed by atoms with E-state index in [-0.39, 0.29) is 29.3 Å². The number of rotatable bonds is 4. The minimum atomic E-state index is -0.189. The van der Waals surface area contributed by atoms with E-state index in [0.29, 0.717) is 13.0 Å². The van der Waals surface area contributed by atoms with Crippen LogP contribution in [0.1, 0.15) is 47.5 Å². The Hall–Kier alpha value is -1.06. The summed E-state index contributed by atoms with van der Waals surface area (Å²) < 4.78 is 0. The predicted octanol–water partition coefficient (Wildman–Crippen LogP) is 1.55. The summed E-state index contributed by atoms with van der Waals surface area (Å²) in [7, 11) is 0. The van der Waals surface area contributed by atoms with Crippen molar-refractivity contribution in [1.29, 1.82) is 0 Å². The van der Waals surface area contributed by atoms with Gasteiger partial charge in [0.1, 0.15) is 0 Å². The van der Waals surface area contributed by atoms with Gasteiger partial charge in [-0.1, -0.05) is 6.92 Å². The summed E-state index contributed by atoms with van der Waals surface area (Å²) in [6.07, 6.45) is 1.23. The van der Waals surface area contributed by atoms with E-state index in [2.05, 4.69) is 5.32 Å². The molecule has 1 heterocycles. The molecule has 1 aliphatic rings. The van der Waals surface area contributed by atoms with Crippen LogP contribution >= 0.6 is 0 Å². The molecule has 0 aromatic heterocycles. The highest BCUT2D eigenvalue weighted by Gasteiger charge is 2.36. The Morgan fingerprint density at radius 1 is 1.53 bits per heavy atom. The Bertz CT molecular complexity index is 311. The Kier molecular flexibility index (Phi) is 4.17. The van der Waals surface area contributed by atoms with Crippen LogP contribution in [-0.2, 0) is 9.59 Å². The molecule has 0 bridgehead atoms. The molecule has 0 spiro atoms. The smallest absolute Gasteiger partial charge is 0.225 e. The van der Waals surface area contributed by atoms with Crippen LogP contribution in [0, 0.1) is 5.92 Å². The maximum Gasteiger partial charge on any atom is 0.225 e. The highest BCUT2D eigenvalue weighted by atomic mass is 16.2. The summed E-state index contributed by atoms with van der Waals surface area (Å²) in [5.74, 6) is -0.0847. The van der Waals surface area contributed by atoms with Crippen LogP contribution in [-0.4, -0.2) is 34.8 Å². The van der Waals surface area contributed by atoms with Crippen molar-refractivity contribution in [2.24, 2.45) is 5.92 Å². The van der Waals surface area contributed by atoms with Crippen LogP contribution in [0.25, 0.3) is 0 Å². The van der Waals surface area contributed by atoms with Crippen molar-refractivity contribution in [3.63, 3.8) is 0 Å². The summed E-state index contributed by atoms with van der Waals surface area (Å²) >= 11 is 0.